The van der Waals surface area contributed by atoms with Gasteiger partial charge in [-0.05, 0) is 11.5 Å². The van der Waals surface area contributed by atoms with E-state index in [0.717, 1.165) is 16.6 Å². The van der Waals surface area contributed by atoms with E-state index in [2.05, 4.69) is 20.8 Å². The summed E-state index contributed by atoms with van der Waals surface area (Å²) in [6.45, 7) is 7.98. The van der Waals surface area contributed by atoms with Crippen molar-refractivity contribution < 1.29 is 19.4 Å². The lowest BCUT2D eigenvalue weighted by Gasteiger charge is -2.38. The minimum absolute atomic E-state index is 0.0182. The first-order valence-corrected chi connectivity index (χ1v) is 9.98. The third kappa shape index (κ3) is 2.82. The maximum Gasteiger partial charge on any atom is 0.341 e. The fraction of sp³-hybridized carbons (Fsp3) is 0.409. The molecule has 0 spiro atoms. The molecule has 8 heteroatoms. The molecule has 2 aromatic heterocycles. The van der Waals surface area contributed by atoms with Gasteiger partial charge in [-0.3, -0.25) is 9.48 Å². The van der Waals surface area contributed by atoms with Crippen molar-refractivity contribution in [1.82, 2.24) is 14.3 Å². The maximum atomic E-state index is 12.6. The van der Waals surface area contributed by atoms with Gasteiger partial charge in [0.25, 0.3) is 0 Å². The van der Waals surface area contributed by atoms with Gasteiger partial charge >= 0.3 is 5.97 Å². The highest BCUT2D eigenvalue weighted by atomic mass is 16.6. The molecule has 1 saturated heterocycles. The second-order valence-electron chi connectivity index (χ2n) is 8.99. The summed E-state index contributed by atoms with van der Waals surface area (Å²) in [7, 11) is 0. The van der Waals surface area contributed by atoms with Crippen molar-refractivity contribution in [2.24, 2.45) is 5.41 Å². The van der Waals surface area contributed by atoms with Gasteiger partial charge in [-0.25, -0.2) is 4.79 Å². The summed E-state index contributed by atoms with van der Waals surface area (Å²) in [5, 5.41) is 15.2. The number of rotatable bonds is 3. The zero-order valence-corrected chi connectivity index (χ0v) is 17.1. The van der Waals surface area contributed by atoms with E-state index in [0.29, 0.717) is 31.2 Å². The average molecular weight is 409 g/mol. The number of carboxylic acids is 1. The van der Waals surface area contributed by atoms with Gasteiger partial charge < -0.3 is 19.1 Å². The van der Waals surface area contributed by atoms with E-state index in [1.165, 1.54) is 12.3 Å². The van der Waals surface area contributed by atoms with Crippen molar-refractivity contribution in [1.29, 1.82) is 0 Å². The number of fused-ring (bicyclic) bond motifs is 5. The summed E-state index contributed by atoms with van der Waals surface area (Å²) in [5.41, 5.74) is 1.29. The van der Waals surface area contributed by atoms with Crippen LogP contribution in [0.1, 0.15) is 37.2 Å². The number of benzene rings is 1. The first-order valence-electron chi connectivity index (χ1n) is 9.98. The predicted octanol–water partition coefficient (Wildman–Crippen LogP) is 2.94. The summed E-state index contributed by atoms with van der Waals surface area (Å²) in [4.78, 5) is 24.1. The molecule has 4 heterocycles. The summed E-state index contributed by atoms with van der Waals surface area (Å²) in [5.74, 6) is -0.531. The fourth-order valence-electron chi connectivity index (χ4n) is 4.19. The number of aromatic carboxylic acids is 1. The lowest BCUT2D eigenvalue weighted by molar-refractivity contribution is -0.0791. The quantitative estimate of drug-likeness (QED) is 0.715. The molecule has 0 aliphatic carbocycles. The Morgan fingerprint density at radius 2 is 2.07 bits per heavy atom. The molecule has 1 fully saturated rings. The highest BCUT2D eigenvalue weighted by molar-refractivity contribution is 5.96. The van der Waals surface area contributed by atoms with E-state index < -0.39 is 11.4 Å². The Hall–Kier alpha value is -3.13. The molecule has 8 nitrogen and oxygen atoms in total. The van der Waals surface area contributed by atoms with E-state index in [4.69, 9.17) is 14.6 Å². The van der Waals surface area contributed by atoms with Crippen molar-refractivity contribution in [2.45, 2.75) is 39.5 Å². The Morgan fingerprint density at radius 1 is 1.30 bits per heavy atom. The predicted molar refractivity (Wildman–Crippen MR) is 110 cm³/mol. The first kappa shape index (κ1) is 18.9. The highest BCUT2D eigenvalue weighted by Gasteiger charge is 2.35. The van der Waals surface area contributed by atoms with Crippen LogP contribution < -0.4 is 10.2 Å². The number of hydrogen-bond donors (Lipinski definition) is 1. The van der Waals surface area contributed by atoms with Gasteiger partial charge in [0.1, 0.15) is 22.9 Å². The van der Waals surface area contributed by atoms with Crippen LogP contribution in [0.15, 0.2) is 35.3 Å². The first-order chi connectivity index (χ1) is 14.2. The van der Waals surface area contributed by atoms with Gasteiger partial charge in [-0.1, -0.05) is 32.9 Å². The van der Waals surface area contributed by atoms with Crippen LogP contribution in [0, 0.1) is 5.41 Å². The van der Waals surface area contributed by atoms with Gasteiger partial charge in [0.05, 0.1) is 37.2 Å². The number of carbonyl (C=O) groups is 1. The van der Waals surface area contributed by atoms with Crippen molar-refractivity contribution in [3.8, 4) is 17.1 Å². The van der Waals surface area contributed by atoms with E-state index >= 15 is 0 Å². The van der Waals surface area contributed by atoms with Crippen LogP contribution in [0.3, 0.4) is 0 Å². The second-order valence-corrected chi connectivity index (χ2v) is 8.99. The van der Waals surface area contributed by atoms with Gasteiger partial charge in [-0.15, -0.1) is 0 Å². The van der Waals surface area contributed by atoms with Crippen molar-refractivity contribution >= 4 is 16.9 Å². The summed E-state index contributed by atoms with van der Waals surface area (Å²) >= 11 is 0. The third-order valence-electron chi connectivity index (χ3n) is 5.87. The molecule has 2 aliphatic rings. The van der Waals surface area contributed by atoms with Crippen LogP contribution in [0.25, 0.3) is 22.3 Å². The summed E-state index contributed by atoms with van der Waals surface area (Å²) < 4.78 is 15.1. The number of hydrogen-bond acceptors (Lipinski definition) is 5. The zero-order valence-electron chi connectivity index (χ0n) is 17.1. The molecule has 5 rings (SSSR count). The maximum absolute atomic E-state index is 12.6. The molecular formula is C22H23N3O5. The molecule has 0 saturated carbocycles. The third-order valence-corrected chi connectivity index (χ3v) is 5.87. The lowest BCUT2D eigenvalue weighted by Crippen LogP contribution is -2.38. The molecule has 1 aromatic carbocycles. The largest absolute Gasteiger partial charge is 0.483 e. The second kappa shape index (κ2) is 6.43. The van der Waals surface area contributed by atoms with Crippen LogP contribution >= 0.6 is 0 Å². The van der Waals surface area contributed by atoms with Crippen LogP contribution in [-0.2, 0) is 11.3 Å². The Balaban J connectivity index is 1.75. The molecule has 0 radical (unpaired) electrons. The molecule has 156 valence electrons. The minimum Gasteiger partial charge on any atom is -0.483 e. The topological polar surface area (TPSA) is 95.6 Å². The Kier molecular flexibility index (Phi) is 4.05. The molecule has 0 amide bonds. The number of ether oxygens (including phenoxy) is 2. The van der Waals surface area contributed by atoms with E-state index in [1.54, 1.807) is 0 Å². The normalized spacial score (nSPS) is 18.6. The zero-order chi connectivity index (χ0) is 21.2. The highest BCUT2D eigenvalue weighted by Crippen LogP contribution is 2.43. The van der Waals surface area contributed by atoms with Gasteiger partial charge in [0.2, 0.25) is 0 Å². The fourth-order valence-corrected chi connectivity index (χ4v) is 4.19. The molecule has 3 aromatic rings. The Labute approximate surface area is 172 Å². The smallest absolute Gasteiger partial charge is 0.341 e. The molecule has 1 N–H and O–H groups in total. The summed E-state index contributed by atoms with van der Waals surface area (Å²) in [6.07, 6.45) is 1.49. The molecule has 0 bridgehead atoms. The van der Waals surface area contributed by atoms with E-state index in [9.17, 15) is 14.7 Å². The lowest BCUT2D eigenvalue weighted by atomic mass is 9.85. The van der Waals surface area contributed by atoms with Crippen LogP contribution in [0.2, 0.25) is 0 Å². The van der Waals surface area contributed by atoms with Crippen LogP contribution in [-0.4, -0.2) is 44.7 Å². The molecule has 30 heavy (non-hydrogen) atoms. The Bertz CT molecular complexity index is 1230. The number of aromatic nitrogens is 3. The van der Waals surface area contributed by atoms with E-state index in [1.807, 2.05) is 27.4 Å². The standard InChI is InChI=1S/C22H23N3O5/c1-22(2,3)18-9-25-20(15-7-16(26)14(21(27)28)8-24(15)18)13-5-4-6-17(19(13)23-25)30-12-10-29-11-12/h4-8,12,18H,9-11H2,1-3H3,(H,27,28). The summed E-state index contributed by atoms with van der Waals surface area (Å²) in [6, 6.07) is 7.10. The average Bonchev–Trinajstić information content (AvgIpc) is 3.02. The van der Waals surface area contributed by atoms with Gasteiger partial charge in [0.15, 0.2) is 5.43 Å². The van der Waals surface area contributed by atoms with Crippen molar-refractivity contribution in [2.75, 3.05) is 13.2 Å². The Morgan fingerprint density at radius 3 is 2.70 bits per heavy atom. The van der Waals surface area contributed by atoms with Gasteiger partial charge in [0, 0.05) is 17.6 Å². The number of pyridine rings is 1. The molecule has 2 aliphatic heterocycles. The SMILES string of the molecule is CC(C)(C)C1Cn2nc3c(OC4COC4)cccc3c2-c2cc(=O)c(C(=O)O)cn21. The number of carboxylic acid groups (broad SMARTS) is 1. The molecular weight excluding hydrogens is 386 g/mol. The van der Waals surface area contributed by atoms with Gasteiger partial charge in [-0.2, -0.15) is 5.10 Å². The van der Waals surface area contributed by atoms with Crippen molar-refractivity contribution in [3.05, 3.63) is 46.2 Å². The molecule has 1 atom stereocenters. The minimum atomic E-state index is -1.22. The van der Waals surface area contributed by atoms with E-state index in [-0.39, 0.29) is 23.1 Å². The molecule has 1 unspecified atom stereocenters. The van der Waals surface area contributed by atoms with Crippen LogP contribution in [0.5, 0.6) is 5.75 Å². The number of nitrogens with zero attached hydrogens (tertiary/aromatic N) is 3. The monoisotopic (exact) mass is 409 g/mol. The van der Waals surface area contributed by atoms with Crippen molar-refractivity contribution in [3.63, 3.8) is 0 Å². The van der Waals surface area contributed by atoms with Crippen LogP contribution in [0.4, 0.5) is 0 Å².